The Morgan fingerprint density at radius 2 is 1.68 bits per heavy atom. The Balaban J connectivity index is 2.42. The zero-order valence-corrected chi connectivity index (χ0v) is 16.6. The fourth-order valence-corrected chi connectivity index (χ4v) is 4.06. The number of nitrogens with one attached hydrogen (secondary N) is 1. The summed E-state index contributed by atoms with van der Waals surface area (Å²) in [5, 5.41) is 3.20. The van der Waals surface area contributed by atoms with Crippen molar-refractivity contribution in [3.8, 4) is 0 Å². The lowest BCUT2D eigenvalue weighted by Crippen LogP contribution is -2.23. The van der Waals surface area contributed by atoms with Crippen LogP contribution in [0.25, 0.3) is 0 Å². The van der Waals surface area contributed by atoms with Gasteiger partial charge in [-0.1, -0.05) is 29.3 Å². The molecule has 8 heteroatoms. The molecular weight excluding hydrogens is 383 g/mol. The zero-order chi connectivity index (χ0) is 18.9. The summed E-state index contributed by atoms with van der Waals surface area (Å²) in [7, 11) is -0.970. The highest BCUT2D eigenvalue weighted by Crippen LogP contribution is 2.29. The second kappa shape index (κ2) is 7.33. The Morgan fingerprint density at radius 1 is 1.04 bits per heavy atom. The number of nitrogens with zero attached hydrogens (tertiary/aromatic N) is 1. The number of aryl methyl sites for hydroxylation is 2. The molecule has 0 heterocycles. The van der Waals surface area contributed by atoms with Crippen molar-refractivity contribution >= 4 is 44.8 Å². The fourth-order valence-electron chi connectivity index (χ4n) is 2.30. The van der Waals surface area contributed by atoms with Crippen LogP contribution in [0, 0.1) is 13.8 Å². The monoisotopic (exact) mass is 400 g/mol. The molecule has 0 saturated carbocycles. The number of amides is 1. The molecule has 1 N–H and O–H groups in total. The van der Waals surface area contributed by atoms with E-state index in [2.05, 4.69) is 5.32 Å². The second-order valence-electron chi connectivity index (χ2n) is 5.83. The lowest BCUT2D eigenvalue weighted by Gasteiger charge is -2.15. The van der Waals surface area contributed by atoms with Crippen molar-refractivity contribution in [2.45, 2.75) is 18.7 Å². The van der Waals surface area contributed by atoms with Crippen molar-refractivity contribution in [1.82, 2.24) is 4.31 Å². The number of carbonyl (C=O) groups excluding carboxylic acids is 1. The van der Waals surface area contributed by atoms with Gasteiger partial charge in [0, 0.05) is 19.7 Å². The number of anilines is 1. The highest BCUT2D eigenvalue weighted by Gasteiger charge is 2.22. The van der Waals surface area contributed by atoms with E-state index in [0.29, 0.717) is 10.7 Å². The van der Waals surface area contributed by atoms with E-state index in [1.54, 1.807) is 6.07 Å². The number of carbonyl (C=O) groups is 1. The molecule has 0 aliphatic heterocycles. The summed E-state index contributed by atoms with van der Waals surface area (Å²) in [6.07, 6.45) is 0. The average Bonchev–Trinajstić information content (AvgIpc) is 2.50. The maximum atomic E-state index is 12.5. The van der Waals surface area contributed by atoms with Crippen LogP contribution in [0.1, 0.15) is 21.5 Å². The molecule has 0 aliphatic rings. The van der Waals surface area contributed by atoms with Crippen molar-refractivity contribution in [2.75, 3.05) is 19.4 Å². The molecule has 2 aromatic rings. The summed E-state index contributed by atoms with van der Waals surface area (Å²) in [5.41, 5.74) is 2.45. The Labute approximate surface area is 157 Å². The van der Waals surface area contributed by atoms with Gasteiger partial charge in [0.2, 0.25) is 10.0 Å². The smallest absolute Gasteiger partial charge is 0.255 e. The van der Waals surface area contributed by atoms with E-state index in [9.17, 15) is 13.2 Å². The van der Waals surface area contributed by atoms with Crippen LogP contribution in [-0.4, -0.2) is 32.7 Å². The molecule has 2 rings (SSSR count). The van der Waals surface area contributed by atoms with Crippen LogP contribution < -0.4 is 5.32 Å². The Kier molecular flexibility index (Phi) is 5.79. The van der Waals surface area contributed by atoms with E-state index < -0.39 is 15.9 Å². The summed E-state index contributed by atoms with van der Waals surface area (Å²) < 4.78 is 25.7. The molecule has 0 fully saturated rings. The summed E-state index contributed by atoms with van der Waals surface area (Å²) in [6, 6.07) is 7.74. The van der Waals surface area contributed by atoms with Gasteiger partial charge in [-0.25, -0.2) is 12.7 Å². The first-order valence-corrected chi connectivity index (χ1v) is 9.54. The van der Waals surface area contributed by atoms with Crippen molar-refractivity contribution in [2.24, 2.45) is 0 Å². The zero-order valence-electron chi connectivity index (χ0n) is 14.2. The van der Waals surface area contributed by atoms with Gasteiger partial charge >= 0.3 is 0 Å². The van der Waals surface area contributed by atoms with Crippen LogP contribution in [0.3, 0.4) is 0 Å². The third-order valence-electron chi connectivity index (χ3n) is 3.62. The van der Waals surface area contributed by atoms with Gasteiger partial charge in [0.25, 0.3) is 5.91 Å². The van der Waals surface area contributed by atoms with Gasteiger partial charge in [0.15, 0.2) is 0 Å². The molecule has 134 valence electrons. The Morgan fingerprint density at radius 3 is 2.24 bits per heavy atom. The normalized spacial score (nSPS) is 11.6. The Bertz CT molecular complexity index is 918. The van der Waals surface area contributed by atoms with Gasteiger partial charge in [-0.3, -0.25) is 4.79 Å². The SMILES string of the molecule is Cc1cc(C)c(NC(=O)c2ccc(Cl)c(S(=O)(=O)N(C)C)c2)c(Cl)c1. The van der Waals surface area contributed by atoms with E-state index in [-0.39, 0.29) is 15.5 Å². The minimum Gasteiger partial charge on any atom is -0.320 e. The molecule has 2 aromatic carbocycles. The van der Waals surface area contributed by atoms with E-state index in [1.165, 1.54) is 32.3 Å². The molecule has 0 saturated heterocycles. The first kappa shape index (κ1) is 19.7. The van der Waals surface area contributed by atoms with Gasteiger partial charge in [-0.15, -0.1) is 0 Å². The van der Waals surface area contributed by atoms with Crippen LogP contribution in [-0.2, 0) is 10.0 Å². The molecular formula is C17H18Cl2N2O3S. The molecule has 0 spiro atoms. The average molecular weight is 401 g/mol. The van der Waals surface area contributed by atoms with Gasteiger partial charge in [0.05, 0.1) is 15.7 Å². The lowest BCUT2D eigenvalue weighted by molar-refractivity contribution is 0.102. The standard InChI is InChI=1S/C17H18Cl2N2O3S/c1-10-7-11(2)16(14(19)8-10)20-17(22)12-5-6-13(18)15(9-12)25(23,24)21(3)4/h5-9H,1-4H3,(H,20,22). The number of halogens is 2. The molecule has 0 bridgehead atoms. The highest BCUT2D eigenvalue weighted by atomic mass is 35.5. The van der Waals surface area contributed by atoms with E-state index in [4.69, 9.17) is 23.2 Å². The molecule has 0 atom stereocenters. The van der Waals surface area contributed by atoms with Crippen molar-refractivity contribution in [3.63, 3.8) is 0 Å². The van der Waals surface area contributed by atoms with Gasteiger partial charge in [-0.05, 0) is 49.2 Å². The molecule has 0 aromatic heterocycles. The largest absolute Gasteiger partial charge is 0.320 e. The maximum Gasteiger partial charge on any atom is 0.255 e. The van der Waals surface area contributed by atoms with Gasteiger partial charge in [0.1, 0.15) is 4.90 Å². The molecule has 25 heavy (non-hydrogen) atoms. The van der Waals surface area contributed by atoms with Crippen molar-refractivity contribution in [1.29, 1.82) is 0 Å². The molecule has 0 aliphatic carbocycles. The van der Waals surface area contributed by atoms with Gasteiger partial charge < -0.3 is 5.32 Å². The minimum absolute atomic E-state index is 0.0507. The third kappa shape index (κ3) is 4.15. The topological polar surface area (TPSA) is 66.5 Å². The lowest BCUT2D eigenvalue weighted by atomic mass is 10.1. The van der Waals surface area contributed by atoms with Crippen LogP contribution in [0.15, 0.2) is 35.2 Å². The van der Waals surface area contributed by atoms with E-state index in [1.807, 2.05) is 19.9 Å². The maximum absolute atomic E-state index is 12.5. The molecule has 5 nitrogen and oxygen atoms in total. The molecule has 0 unspecified atom stereocenters. The minimum atomic E-state index is -3.76. The number of hydrogen-bond donors (Lipinski definition) is 1. The summed E-state index contributed by atoms with van der Waals surface area (Å²) in [5.74, 6) is -0.472. The molecule has 0 radical (unpaired) electrons. The first-order valence-electron chi connectivity index (χ1n) is 7.34. The third-order valence-corrected chi connectivity index (χ3v) is 6.22. The van der Waals surface area contributed by atoms with Crippen LogP contribution in [0.5, 0.6) is 0 Å². The number of rotatable bonds is 4. The second-order valence-corrected chi connectivity index (χ2v) is 8.76. The van der Waals surface area contributed by atoms with Crippen LogP contribution in [0.2, 0.25) is 10.0 Å². The highest BCUT2D eigenvalue weighted by molar-refractivity contribution is 7.89. The van der Waals surface area contributed by atoms with Crippen LogP contribution >= 0.6 is 23.2 Å². The predicted octanol–water partition coefficient (Wildman–Crippen LogP) is 4.11. The predicted molar refractivity (Wildman–Crippen MR) is 101 cm³/mol. The van der Waals surface area contributed by atoms with Crippen molar-refractivity contribution < 1.29 is 13.2 Å². The quantitative estimate of drug-likeness (QED) is 0.839. The molecule has 1 amide bonds. The van der Waals surface area contributed by atoms with E-state index in [0.717, 1.165) is 15.4 Å². The summed E-state index contributed by atoms with van der Waals surface area (Å²) >= 11 is 12.2. The number of hydrogen-bond acceptors (Lipinski definition) is 3. The Hall–Kier alpha value is -1.60. The summed E-state index contributed by atoms with van der Waals surface area (Å²) in [4.78, 5) is 12.4. The fraction of sp³-hybridized carbons (Fsp3) is 0.235. The van der Waals surface area contributed by atoms with Crippen molar-refractivity contribution in [3.05, 3.63) is 57.1 Å². The van der Waals surface area contributed by atoms with E-state index >= 15 is 0 Å². The number of sulfonamides is 1. The number of benzene rings is 2. The first-order chi connectivity index (χ1) is 11.5. The van der Waals surface area contributed by atoms with Gasteiger partial charge in [-0.2, -0.15) is 0 Å². The van der Waals surface area contributed by atoms with Crippen LogP contribution in [0.4, 0.5) is 5.69 Å². The summed E-state index contributed by atoms with van der Waals surface area (Å²) in [6.45, 7) is 3.74.